The van der Waals surface area contributed by atoms with Crippen LogP contribution in [0.5, 0.6) is 11.5 Å². The minimum Gasteiger partial charge on any atom is -0.489 e. The molecule has 0 saturated heterocycles. The Labute approximate surface area is 374 Å². The number of nitrogens with one attached hydrogen (secondary N) is 1. The van der Waals surface area contributed by atoms with E-state index in [1.165, 1.54) is 11.8 Å². The van der Waals surface area contributed by atoms with Gasteiger partial charge in [0.15, 0.2) is 0 Å². The quantitative estimate of drug-likeness (QED) is 0.131. The summed E-state index contributed by atoms with van der Waals surface area (Å²) in [5.74, 6) is -1.36. The number of amides is 3. The largest absolute Gasteiger partial charge is 0.489 e. The van der Waals surface area contributed by atoms with Crippen LogP contribution in [0.25, 0.3) is 11.1 Å². The topological polar surface area (TPSA) is 149 Å². The average Bonchev–Trinajstić information content (AvgIpc) is 3.30. The number of nitriles is 1. The van der Waals surface area contributed by atoms with Crippen molar-refractivity contribution in [1.82, 2.24) is 10.2 Å². The number of carbonyl (C=O) groups is 4. The SMILES string of the molecule is CC(=O)N1CC(c2ccc(OCc3ccc(Cl)c(Cl)c3)cc2)Oc2cc3c(cc21)CC(C(=O)N[C@@H](Cc1ccc(-c2ccc(C#N)cc2)cc1)C(=O)O)N(C(=O)c1ccccc1)C3. The second kappa shape index (κ2) is 18.5. The molecule has 6 aromatic rings. The van der Waals surface area contributed by atoms with Gasteiger partial charge in [-0.3, -0.25) is 14.4 Å². The van der Waals surface area contributed by atoms with Crippen LogP contribution in [0.2, 0.25) is 10.0 Å². The lowest BCUT2D eigenvalue weighted by Gasteiger charge is -2.39. The second-order valence-electron chi connectivity index (χ2n) is 15.4. The first kappa shape index (κ1) is 42.6. The fourth-order valence-electron chi connectivity index (χ4n) is 7.88. The van der Waals surface area contributed by atoms with Crippen LogP contribution in [0.1, 0.15) is 56.8 Å². The lowest BCUT2D eigenvalue weighted by Crippen LogP contribution is -2.56. The molecule has 2 N–H and O–H groups in total. The number of fused-ring (bicyclic) bond motifs is 2. The van der Waals surface area contributed by atoms with E-state index in [9.17, 15) is 24.3 Å². The Kier molecular flexibility index (Phi) is 12.5. The molecule has 0 aromatic heterocycles. The molecule has 316 valence electrons. The molecule has 13 heteroatoms. The number of ether oxygens (including phenoxy) is 2. The molecular weight excluding hydrogens is 839 g/mol. The van der Waals surface area contributed by atoms with E-state index in [0.29, 0.717) is 43.9 Å². The molecule has 8 rings (SSSR count). The number of nitrogens with zero attached hydrogens (tertiary/aromatic N) is 3. The first-order chi connectivity index (χ1) is 30.4. The van der Waals surface area contributed by atoms with Crippen LogP contribution < -0.4 is 19.7 Å². The number of carboxylic acid groups (broad SMARTS) is 1. The van der Waals surface area contributed by atoms with Crippen LogP contribution in [0.15, 0.2) is 133 Å². The molecule has 3 amide bonds. The molecular formula is C50H40Cl2N4O7. The number of benzene rings is 6. The third kappa shape index (κ3) is 9.53. The van der Waals surface area contributed by atoms with Crippen molar-refractivity contribution in [2.75, 3.05) is 11.4 Å². The van der Waals surface area contributed by atoms with Crippen LogP contribution >= 0.6 is 23.2 Å². The zero-order chi connectivity index (χ0) is 44.2. The van der Waals surface area contributed by atoms with Crippen LogP contribution in [0, 0.1) is 11.3 Å². The van der Waals surface area contributed by atoms with E-state index in [4.69, 9.17) is 37.9 Å². The van der Waals surface area contributed by atoms with Crippen LogP contribution in [0.4, 0.5) is 5.69 Å². The third-order valence-corrected chi connectivity index (χ3v) is 12.0. The maximum absolute atomic E-state index is 14.3. The summed E-state index contributed by atoms with van der Waals surface area (Å²) in [5, 5.41) is 23.1. The maximum atomic E-state index is 14.3. The van der Waals surface area contributed by atoms with Gasteiger partial charge in [0.05, 0.1) is 33.9 Å². The molecule has 2 aliphatic heterocycles. The first-order valence-corrected chi connectivity index (χ1v) is 21.0. The average molecular weight is 880 g/mol. The number of carboxylic acids is 1. The number of aliphatic carboxylic acids is 1. The van der Waals surface area contributed by atoms with Crippen LogP contribution in [-0.2, 0) is 40.4 Å². The molecule has 0 saturated carbocycles. The fraction of sp³-hybridized carbons (Fsp3) is 0.180. The predicted molar refractivity (Wildman–Crippen MR) is 239 cm³/mol. The molecule has 0 fully saturated rings. The fourth-order valence-corrected chi connectivity index (χ4v) is 8.20. The van der Waals surface area contributed by atoms with Gasteiger partial charge in [-0.2, -0.15) is 5.26 Å². The minimum absolute atomic E-state index is 0.00126. The summed E-state index contributed by atoms with van der Waals surface area (Å²) < 4.78 is 12.5. The molecule has 2 heterocycles. The summed E-state index contributed by atoms with van der Waals surface area (Å²) in [6, 6.07) is 39.2. The number of carbonyl (C=O) groups excluding carboxylic acids is 3. The Balaban J connectivity index is 1.02. The number of hydrogen-bond acceptors (Lipinski definition) is 7. The molecule has 11 nitrogen and oxygen atoms in total. The standard InChI is InChI=1S/C50H40Cl2N4O7/c1-30(57)55-28-47(36-16-18-40(19-17-36)62-29-33-11-20-41(51)42(52)21-33)63-46-25-39-27-56(49(59)37-5-3-2-4-6-37)45(24-38(39)23-44(46)55)48(58)54-43(50(60)61)22-31-7-12-34(13-8-31)35-14-9-32(26-53)10-15-35/h2-21,23,25,43,45,47H,22,24,27-29H2,1H3,(H,54,58)(H,60,61)/t43-,45?,47?/m0/s1. The lowest BCUT2D eigenvalue weighted by molar-refractivity contribution is -0.142. The highest BCUT2D eigenvalue weighted by Gasteiger charge is 2.39. The van der Waals surface area contributed by atoms with Gasteiger partial charge in [0.25, 0.3) is 5.91 Å². The summed E-state index contributed by atoms with van der Waals surface area (Å²) in [6.07, 6.45) is -0.455. The van der Waals surface area contributed by atoms with Crippen LogP contribution in [-0.4, -0.2) is 52.3 Å². The Morgan fingerprint density at radius 1 is 0.841 bits per heavy atom. The Morgan fingerprint density at radius 3 is 2.17 bits per heavy atom. The Hall–Kier alpha value is -7.13. The highest BCUT2D eigenvalue weighted by molar-refractivity contribution is 6.42. The number of anilines is 1. The van der Waals surface area contributed by atoms with Gasteiger partial charge in [-0.15, -0.1) is 0 Å². The molecule has 0 radical (unpaired) electrons. The highest BCUT2D eigenvalue weighted by atomic mass is 35.5. The van der Waals surface area contributed by atoms with E-state index in [-0.39, 0.29) is 38.4 Å². The zero-order valence-corrected chi connectivity index (χ0v) is 35.5. The molecule has 2 unspecified atom stereocenters. The molecule has 3 atom stereocenters. The molecule has 2 aliphatic rings. The zero-order valence-electron chi connectivity index (χ0n) is 34.0. The normalized spacial score (nSPS) is 15.8. The molecule has 63 heavy (non-hydrogen) atoms. The van der Waals surface area contributed by atoms with Crippen molar-refractivity contribution in [1.29, 1.82) is 5.26 Å². The highest BCUT2D eigenvalue weighted by Crippen LogP contribution is 2.42. The summed E-state index contributed by atoms with van der Waals surface area (Å²) in [4.78, 5) is 57.4. The monoisotopic (exact) mass is 878 g/mol. The Morgan fingerprint density at radius 2 is 1.52 bits per heavy atom. The summed E-state index contributed by atoms with van der Waals surface area (Å²) in [7, 11) is 0. The summed E-state index contributed by atoms with van der Waals surface area (Å²) >= 11 is 12.2. The van der Waals surface area contributed by atoms with Gasteiger partial charge in [-0.1, -0.05) is 96.0 Å². The van der Waals surface area contributed by atoms with E-state index in [1.807, 2.05) is 66.7 Å². The molecule has 0 bridgehead atoms. The molecule has 0 spiro atoms. The van der Waals surface area contributed by atoms with Crippen molar-refractivity contribution in [2.24, 2.45) is 0 Å². The van der Waals surface area contributed by atoms with Gasteiger partial charge >= 0.3 is 5.97 Å². The minimum atomic E-state index is -1.29. The lowest BCUT2D eigenvalue weighted by atomic mass is 9.90. The number of halogens is 2. The van der Waals surface area contributed by atoms with Crippen molar-refractivity contribution < 1.29 is 33.8 Å². The Bertz CT molecular complexity index is 2740. The van der Waals surface area contributed by atoms with E-state index in [1.54, 1.807) is 71.6 Å². The van der Waals surface area contributed by atoms with E-state index in [0.717, 1.165) is 33.4 Å². The number of hydrogen-bond donors (Lipinski definition) is 2. The predicted octanol–water partition coefficient (Wildman–Crippen LogP) is 8.98. The summed E-state index contributed by atoms with van der Waals surface area (Å²) in [6.45, 7) is 2.02. The smallest absolute Gasteiger partial charge is 0.326 e. The van der Waals surface area contributed by atoms with Gasteiger partial charge in [0.2, 0.25) is 11.8 Å². The number of rotatable bonds is 11. The van der Waals surface area contributed by atoms with E-state index in [2.05, 4.69) is 11.4 Å². The third-order valence-electron chi connectivity index (χ3n) is 11.3. The summed E-state index contributed by atoms with van der Waals surface area (Å²) in [5.41, 5.74) is 7.07. The second-order valence-corrected chi connectivity index (χ2v) is 16.3. The van der Waals surface area contributed by atoms with E-state index < -0.39 is 36.0 Å². The van der Waals surface area contributed by atoms with Gasteiger partial charge in [0.1, 0.15) is 36.3 Å². The molecule has 0 aliphatic carbocycles. The van der Waals surface area contributed by atoms with Crippen LogP contribution in [0.3, 0.4) is 0 Å². The van der Waals surface area contributed by atoms with Crippen molar-refractivity contribution >= 4 is 52.6 Å². The van der Waals surface area contributed by atoms with Gasteiger partial charge in [0, 0.05) is 31.9 Å². The molecule has 6 aromatic carbocycles. The first-order valence-electron chi connectivity index (χ1n) is 20.2. The van der Waals surface area contributed by atoms with Gasteiger partial charge in [-0.25, -0.2) is 4.79 Å². The van der Waals surface area contributed by atoms with Gasteiger partial charge in [-0.05, 0) is 99.6 Å². The van der Waals surface area contributed by atoms with Crippen molar-refractivity contribution in [3.05, 3.63) is 182 Å². The van der Waals surface area contributed by atoms with Gasteiger partial charge < -0.3 is 29.7 Å². The van der Waals surface area contributed by atoms with E-state index >= 15 is 0 Å². The maximum Gasteiger partial charge on any atom is 0.326 e. The van der Waals surface area contributed by atoms with Crippen molar-refractivity contribution in [3.63, 3.8) is 0 Å². The van der Waals surface area contributed by atoms with Crippen molar-refractivity contribution in [2.45, 2.75) is 51.1 Å². The van der Waals surface area contributed by atoms with Crippen molar-refractivity contribution in [3.8, 4) is 28.7 Å².